The highest BCUT2D eigenvalue weighted by Crippen LogP contribution is 2.38. The van der Waals surface area contributed by atoms with Gasteiger partial charge in [0, 0.05) is 38.4 Å². The van der Waals surface area contributed by atoms with E-state index in [1.807, 2.05) is 0 Å². The molecular formula is C22H23F4N7O. The number of halogens is 4. The molecule has 0 aromatic carbocycles. The number of nitrogens with one attached hydrogen (secondary N) is 2. The SMILES string of the molecule is O=Cc1c(F)c2cnc(Nc3cc(C(F)(F)F)c(N4CCNCC4)cn3)nc2n1C1CCCC1. The number of hydrogen-bond acceptors (Lipinski definition) is 7. The summed E-state index contributed by atoms with van der Waals surface area (Å²) >= 11 is 0. The summed E-state index contributed by atoms with van der Waals surface area (Å²) in [6.45, 7) is 2.07. The first-order chi connectivity index (χ1) is 16.4. The van der Waals surface area contributed by atoms with Crippen LogP contribution in [0.25, 0.3) is 11.0 Å². The molecule has 1 saturated heterocycles. The Morgan fingerprint density at radius 2 is 1.85 bits per heavy atom. The predicted molar refractivity (Wildman–Crippen MR) is 118 cm³/mol. The number of nitrogens with zero attached hydrogens (tertiary/aromatic N) is 5. The van der Waals surface area contributed by atoms with Gasteiger partial charge in [0.2, 0.25) is 5.95 Å². The molecule has 1 aliphatic heterocycles. The molecule has 0 unspecified atom stereocenters. The van der Waals surface area contributed by atoms with E-state index in [-0.39, 0.29) is 40.2 Å². The van der Waals surface area contributed by atoms with Crippen LogP contribution in [0.15, 0.2) is 18.5 Å². The van der Waals surface area contributed by atoms with Gasteiger partial charge in [-0.1, -0.05) is 12.8 Å². The van der Waals surface area contributed by atoms with Crippen molar-refractivity contribution in [2.24, 2.45) is 0 Å². The van der Waals surface area contributed by atoms with Gasteiger partial charge in [-0.25, -0.2) is 14.4 Å². The van der Waals surface area contributed by atoms with E-state index in [0.717, 1.165) is 31.7 Å². The lowest BCUT2D eigenvalue weighted by Crippen LogP contribution is -2.44. The number of aldehydes is 1. The van der Waals surface area contributed by atoms with Gasteiger partial charge < -0.3 is 20.1 Å². The van der Waals surface area contributed by atoms with Crippen molar-refractivity contribution in [1.29, 1.82) is 0 Å². The van der Waals surface area contributed by atoms with Crippen molar-refractivity contribution in [3.63, 3.8) is 0 Å². The van der Waals surface area contributed by atoms with Crippen molar-refractivity contribution >= 4 is 34.8 Å². The topological polar surface area (TPSA) is 88.0 Å². The number of anilines is 3. The number of carbonyl (C=O) groups is 1. The molecule has 1 saturated carbocycles. The third kappa shape index (κ3) is 4.06. The van der Waals surface area contributed by atoms with Crippen molar-refractivity contribution < 1.29 is 22.4 Å². The number of carbonyl (C=O) groups excluding carboxylic acids is 1. The Hall–Kier alpha value is -3.28. The summed E-state index contributed by atoms with van der Waals surface area (Å²) in [6, 6.07) is 0.862. The van der Waals surface area contributed by atoms with Crippen LogP contribution < -0.4 is 15.5 Å². The first-order valence-electron chi connectivity index (χ1n) is 11.2. The standard InChI is InChI=1S/C22H23F4N7O/c23-19-14-10-29-21(31-20(14)33(17(19)12-34)13-3-1-2-4-13)30-18-9-15(22(24,25)26)16(11-28-18)32-7-5-27-6-8-32/h9-13,27H,1-8H2,(H,28,29,30,31). The zero-order chi connectivity index (χ0) is 23.9. The Labute approximate surface area is 192 Å². The fourth-order valence-electron chi connectivity index (χ4n) is 4.79. The number of piperazine rings is 1. The fourth-order valence-corrected chi connectivity index (χ4v) is 4.79. The van der Waals surface area contributed by atoms with E-state index < -0.39 is 17.6 Å². The smallest absolute Gasteiger partial charge is 0.367 e. The Bertz CT molecular complexity index is 1210. The van der Waals surface area contributed by atoms with Crippen LogP contribution in [0.3, 0.4) is 0 Å². The van der Waals surface area contributed by atoms with Crippen LogP contribution in [0.2, 0.25) is 0 Å². The molecule has 4 heterocycles. The molecule has 12 heteroatoms. The van der Waals surface area contributed by atoms with Crippen LogP contribution in [-0.2, 0) is 6.18 Å². The zero-order valence-electron chi connectivity index (χ0n) is 18.2. The van der Waals surface area contributed by atoms with Gasteiger partial charge in [-0.3, -0.25) is 4.79 Å². The van der Waals surface area contributed by atoms with E-state index in [1.54, 1.807) is 9.47 Å². The first kappa shape index (κ1) is 22.5. The second-order valence-electron chi connectivity index (χ2n) is 8.50. The highest BCUT2D eigenvalue weighted by atomic mass is 19.4. The molecule has 0 amide bonds. The molecule has 5 rings (SSSR count). The van der Waals surface area contributed by atoms with Crippen molar-refractivity contribution in [2.45, 2.75) is 37.9 Å². The van der Waals surface area contributed by atoms with Gasteiger partial charge in [0.25, 0.3) is 0 Å². The highest BCUT2D eigenvalue weighted by molar-refractivity contribution is 5.88. The number of aromatic nitrogens is 4. The molecular weight excluding hydrogens is 454 g/mol. The van der Waals surface area contributed by atoms with Gasteiger partial charge in [0.15, 0.2) is 12.1 Å². The third-order valence-corrected chi connectivity index (χ3v) is 6.41. The largest absolute Gasteiger partial charge is 0.418 e. The molecule has 0 atom stereocenters. The molecule has 3 aromatic rings. The van der Waals surface area contributed by atoms with Gasteiger partial charge in [-0.2, -0.15) is 18.2 Å². The molecule has 2 aliphatic rings. The Balaban J connectivity index is 1.51. The van der Waals surface area contributed by atoms with Crippen LogP contribution in [0.1, 0.15) is 47.8 Å². The van der Waals surface area contributed by atoms with Gasteiger partial charge in [-0.15, -0.1) is 0 Å². The maximum atomic E-state index is 14.8. The Morgan fingerprint density at radius 1 is 1.12 bits per heavy atom. The summed E-state index contributed by atoms with van der Waals surface area (Å²) in [5, 5.41) is 5.92. The minimum atomic E-state index is -4.58. The lowest BCUT2D eigenvalue weighted by atomic mass is 10.1. The third-order valence-electron chi connectivity index (χ3n) is 6.41. The van der Waals surface area contributed by atoms with E-state index in [1.165, 1.54) is 12.4 Å². The summed E-state index contributed by atoms with van der Waals surface area (Å²) in [6.07, 6.45) is 1.83. The summed E-state index contributed by atoms with van der Waals surface area (Å²) in [7, 11) is 0. The van der Waals surface area contributed by atoms with Crippen LogP contribution in [-0.4, -0.2) is 52.0 Å². The molecule has 8 nitrogen and oxygen atoms in total. The predicted octanol–water partition coefficient (Wildman–Crippen LogP) is 4.07. The lowest BCUT2D eigenvalue weighted by molar-refractivity contribution is -0.137. The van der Waals surface area contributed by atoms with Crippen LogP contribution in [0.5, 0.6) is 0 Å². The molecule has 2 N–H and O–H groups in total. The molecule has 0 radical (unpaired) electrons. The maximum Gasteiger partial charge on any atom is 0.418 e. The Morgan fingerprint density at radius 3 is 2.53 bits per heavy atom. The second kappa shape index (κ2) is 8.82. The van der Waals surface area contributed by atoms with Crippen molar-refractivity contribution in [1.82, 2.24) is 24.8 Å². The summed E-state index contributed by atoms with van der Waals surface area (Å²) in [4.78, 5) is 25.8. The van der Waals surface area contributed by atoms with Crippen LogP contribution in [0.4, 0.5) is 35.0 Å². The minimum absolute atomic E-state index is 0.0173. The summed E-state index contributed by atoms with van der Waals surface area (Å²) in [5.41, 5.74) is -0.649. The molecule has 180 valence electrons. The quantitative estimate of drug-likeness (QED) is 0.423. The molecule has 1 aliphatic carbocycles. The van der Waals surface area contributed by atoms with Gasteiger partial charge in [0.1, 0.15) is 17.2 Å². The molecule has 2 fully saturated rings. The molecule has 34 heavy (non-hydrogen) atoms. The average Bonchev–Trinajstić information content (AvgIpc) is 3.45. The second-order valence-corrected chi connectivity index (χ2v) is 8.50. The van der Waals surface area contributed by atoms with Crippen molar-refractivity contribution in [3.05, 3.63) is 35.5 Å². The highest BCUT2D eigenvalue weighted by Gasteiger charge is 2.36. The maximum absolute atomic E-state index is 14.8. The minimum Gasteiger partial charge on any atom is -0.367 e. The number of pyridine rings is 1. The molecule has 0 bridgehead atoms. The monoisotopic (exact) mass is 477 g/mol. The average molecular weight is 477 g/mol. The molecule has 3 aromatic heterocycles. The summed E-state index contributed by atoms with van der Waals surface area (Å²) < 4.78 is 57.9. The van der Waals surface area contributed by atoms with E-state index in [2.05, 4.69) is 25.6 Å². The lowest BCUT2D eigenvalue weighted by Gasteiger charge is -2.31. The molecule has 0 spiro atoms. The first-order valence-corrected chi connectivity index (χ1v) is 11.2. The van der Waals surface area contributed by atoms with E-state index in [9.17, 15) is 22.4 Å². The van der Waals surface area contributed by atoms with Crippen molar-refractivity contribution in [3.8, 4) is 0 Å². The number of fused-ring (bicyclic) bond motifs is 1. The van der Waals surface area contributed by atoms with Crippen LogP contribution >= 0.6 is 0 Å². The van der Waals surface area contributed by atoms with Crippen molar-refractivity contribution in [2.75, 3.05) is 36.4 Å². The van der Waals surface area contributed by atoms with Gasteiger partial charge >= 0.3 is 6.18 Å². The normalized spacial score (nSPS) is 17.5. The van der Waals surface area contributed by atoms with Crippen LogP contribution in [0, 0.1) is 5.82 Å². The van der Waals surface area contributed by atoms with E-state index >= 15 is 0 Å². The fraction of sp³-hybridized carbons (Fsp3) is 0.455. The van der Waals surface area contributed by atoms with E-state index in [0.29, 0.717) is 32.5 Å². The van der Waals surface area contributed by atoms with Gasteiger partial charge in [0.05, 0.1) is 22.8 Å². The zero-order valence-corrected chi connectivity index (χ0v) is 18.2. The Kier molecular flexibility index (Phi) is 5.84. The summed E-state index contributed by atoms with van der Waals surface area (Å²) in [5.74, 6) is -0.806. The van der Waals surface area contributed by atoms with E-state index in [4.69, 9.17) is 0 Å². The van der Waals surface area contributed by atoms with Gasteiger partial charge in [-0.05, 0) is 18.9 Å². The number of rotatable bonds is 5. The number of alkyl halides is 3. The number of hydrogen-bond donors (Lipinski definition) is 2.